The number of thiocarbonyl (C=S) groups is 1. The Kier molecular flexibility index (Phi) is 5.90. The average molecular weight is 475 g/mol. The van der Waals surface area contributed by atoms with Gasteiger partial charge in [0.2, 0.25) is 0 Å². The number of nitrogens with zero attached hydrogens (tertiary/aromatic N) is 3. The van der Waals surface area contributed by atoms with Gasteiger partial charge in [-0.2, -0.15) is 0 Å². The summed E-state index contributed by atoms with van der Waals surface area (Å²) in [7, 11) is 3.22. The summed E-state index contributed by atoms with van der Waals surface area (Å²) in [4.78, 5) is 6.59. The zero-order valence-electron chi connectivity index (χ0n) is 18.7. The molecule has 3 heterocycles. The Morgan fingerprint density at radius 1 is 0.941 bits per heavy atom. The molecule has 0 spiro atoms. The topological polar surface area (TPSA) is 51.5 Å². The molecule has 8 heteroatoms. The van der Waals surface area contributed by atoms with Crippen molar-refractivity contribution >= 4 is 23.0 Å². The van der Waals surface area contributed by atoms with Crippen molar-refractivity contribution in [2.75, 3.05) is 19.1 Å². The molecule has 1 saturated heterocycles. The van der Waals surface area contributed by atoms with E-state index in [1.54, 1.807) is 32.5 Å². The molecule has 2 aromatic carbocycles. The Bertz CT molecular complexity index is 1330. The third kappa shape index (κ3) is 3.76. The summed E-state index contributed by atoms with van der Waals surface area (Å²) in [5, 5.41) is 3.95. The largest absolute Gasteiger partial charge is 0.497 e. The van der Waals surface area contributed by atoms with Crippen LogP contribution < -0.4 is 19.7 Å². The minimum absolute atomic E-state index is 0.277. The number of benzene rings is 2. The number of pyridine rings is 1. The molecule has 0 saturated carbocycles. The van der Waals surface area contributed by atoms with Crippen LogP contribution in [0.2, 0.25) is 0 Å². The van der Waals surface area contributed by atoms with E-state index in [9.17, 15) is 4.39 Å². The lowest BCUT2D eigenvalue weighted by Crippen LogP contribution is -2.30. The van der Waals surface area contributed by atoms with Gasteiger partial charge in [0, 0.05) is 24.2 Å². The first-order valence-corrected chi connectivity index (χ1v) is 11.2. The summed E-state index contributed by atoms with van der Waals surface area (Å²) in [6.07, 6.45) is 3.61. The molecular formula is C26H23FN4O2S. The van der Waals surface area contributed by atoms with Gasteiger partial charge in [-0.15, -0.1) is 0 Å². The molecule has 0 unspecified atom stereocenters. The van der Waals surface area contributed by atoms with Gasteiger partial charge in [-0.05, 0) is 60.7 Å². The van der Waals surface area contributed by atoms with Crippen LogP contribution in [0, 0.1) is 5.82 Å². The zero-order chi connectivity index (χ0) is 23.7. The number of hydrogen-bond donors (Lipinski definition) is 1. The quantitative estimate of drug-likeness (QED) is 0.388. The van der Waals surface area contributed by atoms with Crippen LogP contribution in [0.4, 0.5) is 10.1 Å². The van der Waals surface area contributed by atoms with Gasteiger partial charge in [-0.3, -0.25) is 4.98 Å². The highest BCUT2D eigenvalue weighted by Gasteiger charge is 2.43. The van der Waals surface area contributed by atoms with Gasteiger partial charge in [0.05, 0.1) is 37.3 Å². The fourth-order valence-corrected chi connectivity index (χ4v) is 4.74. The van der Waals surface area contributed by atoms with Crippen molar-refractivity contribution in [1.82, 2.24) is 14.9 Å². The van der Waals surface area contributed by atoms with Gasteiger partial charge in [0.15, 0.2) is 5.11 Å². The SMILES string of the molecule is COc1ccc(N2C(=S)N[C@@H](c3ccccn3)[C@@H]2c2cccn2-c2ccccc2F)c(OC)c1. The number of nitrogens with one attached hydrogen (secondary N) is 1. The molecule has 172 valence electrons. The molecule has 4 aromatic rings. The van der Waals surface area contributed by atoms with Crippen LogP contribution in [-0.4, -0.2) is 28.9 Å². The van der Waals surface area contributed by atoms with Crippen molar-refractivity contribution in [2.45, 2.75) is 12.1 Å². The Labute approximate surface area is 202 Å². The van der Waals surface area contributed by atoms with E-state index in [-0.39, 0.29) is 17.9 Å². The summed E-state index contributed by atoms with van der Waals surface area (Å²) < 4.78 is 27.7. The van der Waals surface area contributed by atoms with E-state index in [4.69, 9.17) is 21.7 Å². The minimum Gasteiger partial charge on any atom is -0.497 e. The van der Waals surface area contributed by atoms with Gasteiger partial charge in [0.1, 0.15) is 23.4 Å². The molecule has 0 radical (unpaired) electrons. The lowest BCUT2D eigenvalue weighted by atomic mass is 10.0. The molecule has 34 heavy (non-hydrogen) atoms. The molecule has 5 rings (SSSR count). The van der Waals surface area contributed by atoms with Gasteiger partial charge in [-0.25, -0.2) is 4.39 Å². The summed E-state index contributed by atoms with van der Waals surface area (Å²) in [6, 6.07) is 21.3. The first kappa shape index (κ1) is 21.9. The molecule has 1 fully saturated rings. The number of methoxy groups -OCH3 is 2. The van der Waals surface area contributed by atoms with Crippen LogP contribution in [-0.2, 0) is 0 Å². The smallest absolute Gasteiger partial charge is 0.174 e. The molecule has 0 bridgehead atoms. The number of halogens is 1. The number of anilines is 1. The van der Waals surface area contributed by atoms with Gasteiger partial charge in [-0.1, -0.05) is 18.2 Å². The van der Waals surface area contributed by atoms with Crippen LogP contribution in [0.1, 0.15) is 23.5 Å². The van der Waals surface area contributed by atoms with E-state index in [1.807, 2.05) is 70.3 Å². The monoisotopic (exact) mass is 474 g/mol. The average Bonchev–Trinajstić information content (AvgIpc) is 3.48. The van der Waals surface area contributed by atoms with Gasteiger partial charge >= 0.3 is 0 Å². The Morgan fingerprint density at radius 3 is 2.50 bits per heavy atom. The highest BCUT2D eigenvalue weighted by atomic mass is 32.1. The molecule has 6 nitrogen and oxygen atoms in total. The van der Waals surface area contributed by atoms with Crippen LogP contribution in [0.3, 0.4) is 0 Å². The molecule has 0 aliphatic carbocycles. The second-order valence-electron chi connectivity index (χ2n) is 7.79. The van der Waals surface area contributed by atoms with Crippen molar-refractivity contribution in [3.8, 4) is 17.2 Å². The van der Waals surface area contributed by atoms with Crippen molar-refractivity contribution < 1.29 is 13.9 Å². The number of ether oxygens (including phenoxy) is 2. The van der Waals surface area contributed by atoms with Crippen LogP contribution >= 0.6 is 12.2 Å². The van der Waals surface area contributed by atoms with Crippen molar-refractivity contribution in [1.29, 1.82) is 0 Å². The van der Waals surface area contributed by atoms with Crippen molar-refractivity contribution in [3.63, 3.8) is 0 Å². The second-order valence-corrected chi connectivity index (χ2v) is 8.18. The Balaban J connectivity index is 1.70. The van der Waals surface area contributed by atoms with Crippen LogP contribution in [0.5, 0.6) is 11.5 Å². The predicted octanol–water partition coefficient (Wildman–Crippen LogP) is 5.21. The second kappa shape index (κ2) is 9.15. The van der Waals surface area contributed by atoms with E-state index in [2.05, 4.69) is 10.3 Å². The molecule has 2 atom stereocenters. The summed E-state index contributed by atoms with van der Waals surface area (Å²) in [5.74, 6) is 0.974. The first-order valence-electron chi connectivity index (χ1n) is 10.8. The zero-order valence-corrected chi connectivity index (χ0v) is 19.5. The summed E-state index contributed by atoms with van der Waals surface area (Å²) in [6.45, 7) is 0. The van der Waals surface area contributed by atoms with Gasteiger partial charge < -0.3 is 24.3 Å². The van der Waals surface area contributed by atoms with E-state index < -0.39 is 0 Å². The maximum atomic E-state index is 14.8. The lowest BCUT2D eigenvalue weighted by molar-refractivity contribution is 0.394. The molecule has 1 aliphatic heterocycles. The van der Waals surface area contributed by atoms with Crippen molar-refractivity contribution in [3.05, 3.63) is 102 Å². The molecular weight excluding hydrogens is 451 g/mol. The third-order valence-electron chi connectivity index (χ3n) is 5.94. The molecule has 2 aromatic heterocycles. The fraction of sp³-hybridized carbons (Fsp3) is 0.154. The number of para-hydroxylation sites is 1. The summed E-state index contributed by atoms with van der Waals surface area (Å²) >= 11 is 5.82. The van der Waals surface area contributed by atoms with E-state index in [1.165, 1.54) is 6.07 Å². The normalized spacial score (nSPS) is 17.5. The van der Waals surface area contributed by atoms with E-state index >= 15 is 0 Å². The Hall–Kier alpha value is -3.91. The molecule has 0 amide bonds. The number of aromatic nitrogens is 2. The maximum absolute atomic E-state index is 14.8. The first-order chi connectivity index (χ1) is 16.6. The van der Waals surface area contributed by atoms with E-state index in [0.29, 0.717) is 22.3 Å². The summed E-state index contributed by atoms with van der Waals surface area (Å²) in [5.41, 5.74) is 2.91. The highest BCUT2D eigenvalue weighted by Crippen LogP contribution is 2.45. The maximum Gasteiger partial charge on any atom is 0.174 e. The van der Waals surface area contributed by atoms with Crippen LogP contribution in [0.25, 0.3) is 5.69 Å². The standard InChI is InChI=1S/C26H23FN4O2S/c1-32-17-12-13-21(23(16-17)33-2)31-25(24(29-26(31)34)19-9-5-6-14-28-19)22-11-7-15-30(22)20-10-4-3-8-18(20)27/h3-16,24-25H,1-2H3,(H,29,34)/t24-,25-/m0/s1. The molecule has 1 N–H and O–H groups in total. The number of hydrogen-bond acceptors (Lipinski definition) is 4. The lowest BCUT2D eigenvalue weighted by Gasteiger charge is -2.30. The highest BCUT2D eigenvalue weighted by molar-refractivity contribution is 7.80. The van der Waals surface area contributed by atoms with E-state index in [0.717, 1.165) is 17.1 Å². The number of rotatable bonds is 6. The third-order valence-corrected chi connectivity index (χ3v) is 6.25. The minimum atomic E-state index is -0.334. The van der Waals surface area contributed by atoms with Crippen molar-refractivity contribution in [2.24, 2.45) is 0 Å². The predicted molar refractivity (Wildman–Crippen MR) is 133 cm³/mol. The Morgan fingerprint density at radius 2 is 1.76 bits per heavy atom. The fourth-order valence-electron chi connectivity index (χ4n) is 4.40. The van der Waals surface area contributed by atoms with Gasteiger partial charge in [0.25, 0.3) is 0 Å². The molecule has 1 aliphatic rings. The van der Waals surface area contributed by atoms with Crippen LogP contribution in [0.15, 0.2) is 85.2 Å².